The van der Waals surface area contributed by atoms with Crippen LogP contribution >= 0.6 is 23.5 Å². The number of cyclic esters (lactones) is 2. The SMILES string of the molecule is CCSC1SCC2NC(=O)C(C)NC(=O)C(NC(=O)c3nc4ccccc4cc3O)COC(=O)C3(CC3C)N(C)C(=O)C1N(C)C(=O)C(C)NC(=O)C(NC(=O)c1nc3ccccc3cc1O)COC(=O)C1(CC1C)N(C)C2=O. The number of aromatic nitrogens is 2. The van der Waals surface area contributed by atoms with Crippen molar-refractivity contribution in [1.82, 2.24) is 51.3 Å². The van der Waals surface area contributed by atoms with E-state index in [0.717, 1.165) is 26.5 Å². The van der Waals surface area contributed by atoms with Gasteiger partial charge in [0, 0.05) is 37.7 Å². The van der Waals surface area contributed by atoms with E-state index in [4.69, 9.17) is 9.47 Å². The van der Waals surface area contributed by atoms with Crippen LogP contribution in [0.5, 0.6) is 11.5 Å². The summed E-state index contributed by atoms with van der Waals surface area (Å²) >= 11 is 2.24. The van der Waals surface area contributed by atoms with Crippen LogP contribution in [0.4, 0.5) is 0 Å². The van der Waals surface area contributed by atoms with E-state index >= 15 is 9.59 Å². The Morgan fingerprint density at radius 3 is 1.57 bits per heavy atom. The Labute approximate surface area is 462 Å². The number of pyridine rings is 2. The predicted molar refractivity (Wildman–Crippen MR) is 288 cm³/mol. The van der Waals surface area contributed by atoms with Gasteiger partial charge in [0.15, 0.2) is 11.4 Å². The molecule has 4 heterocycles. The van der Waals surface area contributed by atoms with Crippen molar-refractivity contribution < 1.29 is 67.6 Å². The average molecular weight is 1130 g/mol. The fourth-order valence-corrected chi connectivity index (χ4v) is 13.0. The maximum Gasteiger partial charge on any atom is 0.332 e. The highest BCUT2D eigenvalue weighted by atomic mass is 32.2. The molecule has 2 aliphatic carbocycles. The van der Waals surface area contributed by atoms with E-state index in [9.17, 15) is 48.6 Å². The van der Waals surface area contributed by atoms with Crippen LogP contribution in [0.3, 0.4) is 0 Å². The third-order valence-corrected chi connectivity index (χ3v) is 17.9. The van der Waals surface area contributed by atoms with Gasteiger partial charge in [0.2, 0.25) is 35.4 Å². The molecule has 2 saturated heterocycles. The van der Waals surface area contributed by atoms with E-state index in [2.05, 4.69) is 36.6 Å². The van der Waals surface area contributed by atoms with E-state index < -0.39 is 159 Å². The van der Waals surface area contributed by atoms with Gasteiger partial charge in [0.1, 0.15) is 72.0 Å². The largest absolute Gasteiger partial charge is 0.505 e. The molecule has 0 radical (unpaired) electrons. The molecule has 4 aromatic rings. The van der Waals surface area contributed by atoms with Gasteiger partial charge in [-0.05, 0) is 68.5 Å². The number of thioether (sulfide) groups is 2. The molecule has 8 amide bonds. The maximum absolute atomic E-state index is 15.4. The second kappa shape index (κ2) is 22.9. The zero-order chi connectivity index (χ0) is 57.4. The van der Waals surface area contributed by atoms with Crippen LogP contribution in [0.1, 0.15) is 68.4 Å². The number of hydrogen-bond acceptors (Lipinski definition) is 18. The number of fused-ring (bicyclic) bond motifs is 6. The number of benzene rings is 2. The lowest BCUT2D eigenvalue weighted by Crippen LogP contribution is -2.61. The Morgan fingerprint density at radius 1 is 0.671 bits per heavy atom. The molecule has 11 atom stereocenters. The number of rotatable bonds is 6. The maximum atomic E-state index is 15.4. The number of hydrogen-bond donors (Lipinski definition) is 7. The van der Waals surface area contributed by atoms with E-state index in [1.165, 1.54) is 58.9 Å². The van der Waals surface area contributed by atoms with Crippen LogP contribution in [0.25, 0.3) is 21.8 Å². The minimum Gasteiger partial charge on any atom is -0.505 e. The summed E-state index contributed by atoms with van der Waals surface area (Å²) in [6, 6.07) is 6.53. The fourth-order valence-electron chi connectivity index (χ4n) is 10.1. The number of nitrogens with one attached hydrogen (secondary N) is 5. The minimum atomic E-state index is -1.74. The molecular weight excluding hydrogens is 1060 g/mol. The Balaban J connectivity index is 1.18. The highest BCUT2D eigenvalue weighted by Crippen LogP contribution is 2.51. The number of ether oxygens (including phenoxy) is 2. The van der Waals surface area contributed by atoms with Crippen molar-refractivity contribution in [2.24, 2.45) is 11.8 Å². The van der Waals surface area contributed by atoms with Crippen molar-refractivity contribution in [3.8, 4) is 11.5 Å². The molecule has 8 rings (SSSR count). The lowest BCUT2D eigenvalue weighted by atomic mass is 10.1. The Morgan fingerprint density at radius 2 is 1.11 bits per heavy atom. The number of likely N-dealkylation sites (N-methyl/N-ethyl adjacent to an activating group) is 3. The van der Waals surface area contributed by atoms with Crippen LogP contribution in [0.15, 0.2) is 60.7 Å². The Bertz CT molecular complexity index is 3170. The summed E-state index contributed by atoms with van der Waals surface area (Å²) in [5, 5.41) is 35.5. The molecule has 2 aromatic carbocycles. The van der Waals surface area contributed by atoms with Gasteiger partial charge < -0.3 is 61.0 Å². The van der Waals surface area contributed by atoms with Crippen molar-refractivity contribution in [1.29, 1.82) is 0 Å². The van der Waals surface area contributed by atoms with Crippen LogP contribution in [0, 0.1) is 11.8 Å². The first kappa shape index (κ1) is 57.4. The van der Waals surface area contributed by atoms with Gasteiger partial charge in [0.05, 0.1) is 15.6 Å². The monoisotopic (exact) mass is 1130 g/mol. The van der Waals surface area contributed by atoms with Crippen molar-refractivity contribution in [2.75, 3.05) is 45.9 Å². The van der Waals surface area contributed by atoms with Crippen LogP contribution in [-0.4, -0.2) is 192 Å². The van der Waals surface area contributed by atoms with E-state index in [1.54, 1.807) is 69.3 Å². The van der Waals surface area contributed by atoms with E-state index in [-0.39, 0.29) is 18.6 Å². The zero-order valence-electron chi connectivity index (χ0n) is 44.6. The summed E-state index contributed by atoms with van der Waals surface area (Å²) in [4.78, 5) is 157. The molecule has 2 bridgehead atoms. The summed E-state index contributed by atoms with van der Waals surface area (Å²) in [6.07, 6.45) is 0.140. The quantitative estimate of drug-likeness (QED) is 0.131. The highest BCUT2D eigenvalue weighted by Gasteiger charge is 2.65. The fraction of sp³-hybridized carbons (Fsp3) is 0.472. The number of para-hydroxylation sites is 2. The first-order chi connectivity index (χ1) is 37.4. The Hall–Kier alpha value is -7.74. The second-order valence-electron chi connectivity index (χ2n) is 20.3. The number of amides is 8. The molecule has 24 nitrogen and oxygen atoms in total. The van der Waals surface area contributed by atoms with Gasteiger partial charge in [-0.2, -0.15) is 0 Å². The molecule has 2 spiro atoms. The molecule has 2 aliphatic heterocycles. The second-order valence-corrected chi connectivity index (χ2v) is 23.2. The smallest absolute Gasteiger partial charge is 0.332 e. The van der Waals surface area contributed by atoms with Gasteiger partial charge in [0.25, 0.3) is 11.8 Å². The molecule has 4 fully saturated rings. The van der Waals surface area contributed by atoms with E-state index in [1.807, 2.05) is 0 Å². The third-order valence-electron chi connectivity index (χ3n) is 15.1. The van der Waals surface area contributed by atoms with Gasteiger partial charge in [-0.1, -0.05) is 57.2 Å². The van der Waals surface area contributed by atoms with Gasteiger partial charge in [-0.3, -0.25) is 38.4 Å². The topological polar surface area (TPSA) is 325 Å². The molecule has 26 heteroatoms. The first-order valence-electron chi connectivity index (χ1n) is 25.5. The summed E-state index contributed by atoms with van der Waals surface area (Å²) in [7, 11) is 4.02. The number of carbonyl (C=O) groups excluding carboxylic acids is 10. The van der Waals surface area contributed by atoms with Crippen LogP contribution in [-0.2, 0) is 47.8 Å². The van der Waals surface area contributed by atoms with Crippen molar-refractivity contribution in [3.63, 3.8) is 0 Å². The molecule has 4 aliphatic rings. The van der Waals surface area contributed by atoms with Crippen LogP contribution < -0.4 is 26.6 Å². The predicted octanol–water partition coefficient (Wildman–Crippen LogP) is 0.812. The summed E-state index contributed by atoms with van der Waals surface area (Å²) in [5.41, 5.74) is -3.60. The Kier molecular flexibility index (Phi) is 16.7. The molecule has 79 heavy (non-hydrogen) atoms. The molecule has 7 N–H and O–H groups in total. The minimum absolute atomic E-state index is 0.0700. The molecule has 420 valence electrons. The third kappa shape index (κ3) is 11.3. The lowest BCUT2D eigenvalue weighted by Gasteiger charge is -2.39. The number of aromatic hydroxyl groups is 2. The van der Waals surface area contributed by atoms with Crippen LogP contribution in [0.2, 0.25) is 0 Å². The van der Waals surface area contributed by atoms with Gasteiger partial charge in [-0.15, -0.1) is 23.5 Å². The summed E-state index contributed by atoms with van der Waals surface area (Å²) in [6.45, 7) is 6.11. The number of carbonyl (C=O) groups is 10. The van der Waals surface area contributed by atoms with Gasteiger partial charge >= 0.3 is 11.9 Å². The van der Waals surface area contributed by atoms with Crippen molar-refractivity contribution in [2.45, 2.75) is 99.4 Å². The normalized spacial score (nSPS) is 29.6. The van der Waals surface area contributed by atoms with E-state index in [0.29, 0.717) is 27.6 Å². The number of nitrogens with zero attached hydrogens (tertiary/aromatic N) is 5. The highest BCUT2D eigenvalue weighted by molar-refractivity contribution is 8.17. The summed E-state index contributed by atoms with van der Waals surface area (Å²) < 4.78 is 10.6. The molecule has 2 saturated carbocycles. The lowest BCUT2D eigenvalue weighted by molar-refractivity contribution is -0.160. The molecule has 11 unspecified atom stereocenters. The molecule has 2 aromatic heterocycles. The molecular formula is C53H62N10O14S2. The van der Waals surface area contributed by atoms with Crippen molar-refractivity contribution >= 4 is 105 Å². The first-order valence-corrected chi connectivity index (χ1v) is 27.6. The average Bonchev–Trinajstić information content (AvgIpc) is 4.37. The standard InChI is InChI=1S/C53H62N10O14S2/c1-9-78-49-40-48(73)63(8)53(21-26(53)3)51(75)77-22-33(58-44(69)38-36(64)18-29-14-10-12-16-31(29)56-38)42(67)54-27(4)41(66)60-35(24-79-49)47(72)62(7)52(20-25(52)2)50(74)76-23-34(43(68)55-28(5)46(71)61(40)6)59-45(70)39-37(65)19-30-15-11-13-17-32(30)57-39/h10-19,25-28,33-35,40,49,64-65H,9,20-24H2,1-8H3,(H,54,67)(H,55,68)(H,58,69)(H,59,70)(H,60,66). The summed E-state index contributed by atoms with van der Waals surface area (Å²) in [5.74, 6) is -11.5. The van der Waals surface area contributed by atoms with Crippen molar-refractivity contribution in [3.05, 3.63) is 72.1 Å². The zero-order valence-corrected chi connectivity index (χ0v) is 46.2. The number of esters is 2. The van der Waals surface area contributed by atoms with Gasteiger partial charge in [-0.25, -0.2) is 19.6 Å².